The molecule has 2 rings (SSSR count). The van der Waals surface area contributed by atoms with Crippen LogP contribution in [-0.4, -0.2) is 17.9 Å². The van der Waals surface area contributed by atoms with Gasteiger partial charge in [0, 0.05) is 11.6 Å². The summed E-state index contributed by atoms with van der Waals surface area (Å²) in [5.74, 6) is -0.421. The minimum atomic E-state index is -0.246. The first-order valence-corrected chi connectivity index (χ1v) is 4.83. The third kappa shape index (κ3) is 1.91. The van der Waals surface area contributed by atoms with Gasteiger partial charge in [0.25, 0.3) is 0 Å². The Morgan fingerprint density at radius 1 is 1.44 bits per heavy atom. The summed E-state index contributed by atoms with van der Waals surface area (Å²) in [5, 5.41) is 11.1. The molecule has 16 heavy (non-hydrogen) atoms. The van der Waals surface area contributed by atoms with Gasteiger partial charge in [0.1, 0.15) is 11.5 Å². The van der Waals surface area contributed by atoms with Crippen molar-refractivity contribution in [1.29, 1.82) is 0 Å². The number of benzene rings is 1. The number of hydrogen-bond donors (Lipinski definition) is 1. The average Bonchev–Trinajstić information content (AvgIpc) is 2.59. The topological polar surface area (TPSA) is 74.0 Å². The predicted octanol–water partition coefficient (Wildman–Crippen LogP) is 0.536. The molecule has 0 amide bonds. The van der Waals surface area contributed by atoms with Crippen LogP contribution in [0.5, 0.6) is 0 Å². The summed E-state index contributed by atoms with van der Waals surface area (Å²) >= 11 is 0. The van der Waals surface area contributed by atoms with E-state index in [9.17, 15) is 14.8 Å². The fourth-order valence-electron chi connectivity index (χ4n) is 1.55. The summed E-state index contributed by atoms with van der Waals surface area (Å²) in [7, 11) is 0. The van der Waals surface area contributed by atoms with Gasteiger partial charge in [0.15, 0.2) is 17.8 Å². The summed E-state index contributed by atoms with van der Waals surface area (Å²) in [6.45, 7) is 1.37. The summed E-state index contributed by atoms with van der Waals surface area (Å²) in [6.07, 6.45) is 1.11. The first kappa shape index (κ1) is 10.7. The fraction of sp³-hybridized carbons (Fsp3) is 0.182. The Kier molecular flexibility index (Phi) is 2.64. The molecule has 5 nitrogen and oxygen atoms in total. The van der Waals surface area contributed by atoms with Crippen molar-refractivity contribution in [3.8, 4) is 0 Å². The second kappa shape index (κ2) is 3.96. The molecule has 1 aliphatic rings. The number of hydroxylamine groups is 1. The van der Waals surface area contributed by atoms with Gasteiger partial charge in [-0.3, -0.25) is 14.7 Å². The molecule has 1 aromatic rings. The van der Waals surface area contributed by atoms with E-state index < -0.39 is 0 Å². The van der Waals surface area contributed by atoms with Crippen LogP contribution in [0.4, 0.5) is 11.4 Å². The Bertz CT molecular complexity index is 494. The van der Waals surface area contributed by atoms with Crippen LogP contribution < -0.4 is 5.06 Å². The van der Waals surface area contributed by atoms with Gasteiger partial charge in [-0.15, -0.1) is 0 Å². The van der Waals surface area contributed by atoms with Crippen molar-refractivity contribution in [3.63, 3.8) is 0 Å². The first-order chi connectivity index (χ1) is 7.58. The molecule has 0 aromatic heterocycles. The zero-order valence-corrected chi connectivity index (χ0v) is 8.69. The van der Waals surface area contributed by atoms with Crippen molar-refractivity contribution >= 4 is 29.3 Å². The Morgan fingerprint density at radius 2 is 2.19 bits per heavy atom. The highest BCUT2D eigenvalue weighted by atomic mass is 16.5. The molecule has 0 radical (unpaired) electrons. The quantitative estimate of drug-likeness (QED) is 0.457. The SMILES string of the molecule is CC(=O)CC(=O)c1ccc2c(c1)N=C[NH+]2[O-]. The third-order valence-electron chi connectivity index (χ3n) is 2.32. The lowest BCUT2D eigenvalue weighted by Crippen LogP contribution is -2.99. The molecule has 1 aromatic carbocycles. The summed E-state index contributed by atoms with van der Waals surface area (Å²) in [4.78, 5) is 26.3. The molecule has 0 spiro atoms. The van der Waals surface area contributed by atoms with Crippen molar-refractivity contribution in [2.24, 2.45) is 4.99 Å². The van der Waals surface area contributed by atoms with Crippen LogP contribution in [0.25, 0.3) is 0 Å². The number of carbonyl (C=O) groups is 2. The van der Waals surface area contributed by atoms with Crippen LogP contribution >= 0.6 is 0 Å². The molecule has 5 heteroatoms. The maximum atomic E-state index is 11.6. The Morgan fingerprint density at radius 3 is 2.88 bits per heavy atom. The number of rotatable bonds is 3. The molecule has 1 atom stereocenters. The van der Waals surface area contributed by atoms with Crippen molar-refractivity contribution in [1.82, 2.24) is 0 Å². The Balaban J connectivity index is 2.28. The molecule has 0 saturated carbocycles. The van der Waals surface area contributed by atoms with Crippen LogP contribution in [-0.2, 0) is 4.79 Å². The van der Waals surface area contributed by atoms with Crippen molar-refractivity contribution in [2.75, 3.05) is 0 Å². The van der Waals surface area contributed by atoms with E-state index in [4.69, 9.17) is 0 Å². The first-order valence-electron chi connectivity index (χ1n) is 4.83. The van der Waals surface area contributed by atoms with Gasteiger partial charge < -0.3 is 5.21 Å². The molecule has 1 aliphatic heterocycles. The number of nitrogens with zero attached hydrogens (tertiary/aromatic N) is 1. The smallest absolute Gasteiger partial charge is 0.194 e. The van der Waals surface area contributed by atoms with Gasteiger partial charge in [-0.25, -0.2) is 0 Å². The maximum absolute atomic E-state index is 11.6. The molecular formula is C11H10N2O3. The number of nitrogens with one attached hydrogen (secondary N) is 1. The van der Waals surface area contributed by atoms with Crippen LogP contribution in [0.1, 0.15) is 23.7 Å². The van der Waals surface area contributed by atoms with Crippen LogP contribution in [0, 0.1) is 5.21 Å². The fourth-order valence-corrected chi connectivity index (χ4v) is 1.55. The molecular weight excluding hydrogens is 208 g/mol. The number of quaternary nitrogens is 1. The van der Waals surface area contributed by atoms with Gasteiger partial charge >= 0.3 is 0 Å². The number of ketones is 2. The Hall–Kier alpha value is -1.85. The van der Waals surface area contributed by atoms with Crippen LogP contribution in [0.15, 0.2) is 23.2 Å². The highest BCUT2D eigenvalue weighted by Crippen LogP contribution is 2.25. The van der Waals surface area contributed by atoms with Gasteiger partial charge in [0.2, 0.25) is 0 Å². The van der Waals surface area contributed by atoms with E-state index >= 15 is 0 Å². The predicted molar refractivity (Wildman–Crippen MR) is 58.2 cm³/mol. The maximum Gasteiger partial charge on any atom is 0.194 e. The summed E-state index contributed by atoms with van der Waals surface area (Å²) < 4.78 is 0. The highest BCUT2D eigenvalue weighted by molar-refractivity contribution is 6.08. The second-order valence-corrected chi connectivity index (χ2v) is 3.66. The van der Waals surface area contributed by atoms with Crippen LogP contribution in [0.3, 0.4) is 0 Å². The van der Waals surface area contributed by atoms with E-state index in [1.54, 1.807) is 18.2 Å². The molecule has 0 fully saturated rings. The number of carbonyl (C=O) groups excluding carboxylic acids is 2. The monoisotopic (exact) mass is 218 g/mol. The van der Waals surface area contributed by atoms with E-state index in [1.807, 2.05) is 0 Å². The molecule has 1 heterocycles. The van der Waals surface area contributed by atoms with Crippen molar-refractivity contribution in [3.05, 3.63) is 29.0 Å². The van der Waals surface area contributed by atoms with Crippen molar-refractivity contribution < 1.29 is 14.7 Å². The van der Waals surface area contributed by atoms with Gasteiger partial charge in [0.05, 0.1) is 6.42 Å². The summed E-state index contributed by atoms with van der Waals surface area (Å²) in [6, 6.07) is 4.66. The summed E-state index contributed by atoms with van der Waals surface area (Å²) in [5.41, 5.74) is 1.42. The van der Waals surface area contributed by atoms with Crippen molar-refractivity contribution in [2.45, 2.75) is 13.3 Å². The lowest BCUT2D eigenvalue weighted by molar-refractivity contribution is -0.655. The Labute approximate surface area is 92.0 Å². The van der Waals surface area contributed by atoms with E-state index in [0.717, 1.165) is 0 Å². The number of aliphatic imine (C=N–C) groups is 1. The standard InChI is InChI=1S/C11H10N2O3/c1-7(14)4-11(15)8-2-3-10-9(5-8)12-6-13(10)16/h2-3,5-6,13H,4H2,1H3. The van der Waals surface area contributed by atoms with E-state index in [0.29, 0.717) is 16.9 Å². The molecule has 0 saturated heterocycles. The number of fused-ring (bicyclic) bond motifs is 1. The third-order valence-corrected chi connectivity index (χ3v) is 2.32. The zero-order chi connectivity index (χ0) is 11.7. The van der Waals surface area contributed by atoms with Gasteiger partial charge in [-0.05, 0) is 19.1 Å². The van der Waals surface area contributed by atoms with Gasteiger partial charge in [-0.1, -0.05) is 0 Å². The zero-order valence-electron chi connectivity index (χ0n) is 8.69. The van der Waals surface area contributed by atoms with Crippen LogP contribution in [0.2, 0.25) is 0 Å². The molecule has 0 aliphatic carbocycles. The second-order valence-electron chi connectivity index (χ2n) is 3.66. The number of hydrogen-bond acceptors (Lipinski definition) is 4. The largest absolute Gasteiger partial charge is 0.623 e. The van der Waals surface area contributed by atoms with Gasteiger partial charge in [-0.2, -0.15) is 4.99 Å². The minimum Gasteiger partial charge on any atom is -0.623 e. The minimum absolute atomic E-state index is 0.115. The number of Topliss-reactive ketones (excluding diaryl/α,β-unsaturated/α-hetero) is 2. The molecule has 1 N–H and O–H groups in total. The molecule has 82 valence electrons. The molecule has 0 bridgehead atoms. The normalized spacial score (nSPS) is 17.2. The van der Waals surface area contributed by atoms with E-state index in [2.05, 4.69) is 4.99 Å². The molecule has 1 unspecified atom stereocenters. The van der Waals surface area contributed by atoms with E-state index in [-0.39, 0.29) is 23.1 Å². The highest BCUT2D eigenvalue weighted by Gasteiger charge is 2.17. The lowest BCUT2D eigenvalue weighted by atomic mass is 10.1. The van der Waals surface area contributed by atoms with E-state index in [1.165, 1.54) is 13.3 Å². The lowest BCUT2D eigenvalue weighted by Gasteiger charge is -2.11. The average molecular weight is 218 g/mol.